The number of carboxylic acids is 1. The SMILES string of the molecule is Cn1cc(C2CCCCN2C(=O)c2ccc(C(=O)O)cc2)cn1. The molecule has 0 radical (unpaired) electrons. The van der Waals surface area contributed by atoms with Crippen LogP contribution in [0, 0.1) is 0 Å². The van der Waals surface area contributed by atoms with Gasteiger partial charge in [0.05, 0.1) is 17.8 Å². The lowest BCUT2D eigenvalue weighted by molar-refractivity contribution is 0.0609. The average Bonchev–Trinajstić information content (AvgIpc) is 3.00. The highest BCUT2D eigenvalue weighted by molar-refractivity contribution is 5.96. The Labute approximate surface area is 134 Å². The standard InChI is InChI=1S/C17H19N3O3/c1-19-11-14(10-18-19)15-4-2-3-9-20(15)16(21)12-5-7-13(8-6-12)17(22)23/h5-8,10-11,15H,2-4,9H2,1H3,(H,22,23). The molecule has 1 fully saturated rings. The lowest BCUT2D eigenvalue weighted by atomic mass is 9.96. The summed E-state index contributed by atoms with van der Waals surface area (Å²) in [5, 5.41) is 13.2. The number of aromatic nitrogens is 2. The number of carbonyl (C=O) groups excluding carboxylic acids is 1. The van der Waals surface area contributed by atoms with Crippen molar-refractivity contribution in [3.63, 3.8) is 0 Å². The third-order valence-corrected chi connectivity index (χ3v) is 4.25. The molecule has 2 aromatic rings. The van der Waals surface area contributed by atoms with Gasteiger partial charge in [-0.25, -0.2) is 4.79 Å². The molecule has 6 nitrogen and oxygen atoms in total. The van der Waals surface area contributed by atoms with Crippen LogP contribution in [-0.2, 0) is 7.05 Å². The van der Waals surface area contributed by atoms with Crippen LogP contribution in [0.15, 0.2) is 36.7 Å². The first-order valence-electron chi connectivity index (χ1n) is 7.69. The summed E-state index contributed by atoms with van der Waals surface area (Å²) in [7, 11) is 1.86. The van der Waals surface area contributed by atoms with E-state index in [-0.39, 0.29) is 17.5 Å². The van der Waals surface area contributed by atoms with Gasteiger partial charge in [-0.15, -0.1) is 0 Å². The molecule has 3 rings (SSSR count). The van der Waals surface area contributed by atoms with Gasteiger partial charge in [0, 0.05) is 30.9 Å². The van der Waals surface area contributed by atoms with Crippen molar-refractivity contribution in [2.45, 2.75) is 25.3 Å². The van der Waals surface area contributed by atoms with Gasteiger partial charge in [-0.2, -0.15) is 5.10 Å². The molecule has 6 heteroatoms. The van der Waals surface area contributed by atoms with Gasteiger partial charge >= 0.3 is 5.97 Å². The normalized spacial score (nSPS) is 18.0. The molecular weight excluding hydrogens is 294 g/mol. The Hall–Kier alpha value is -2.63. The molecule has 0 spiro atoms. The van der Waals surface area contributed by atoms with Crippen LogP contribution in [0.1, 0.15) is 51.6 Å². The number of hydrogen-bond acceptors (Lipinski definition) is 3. The Bertz CT molecular complexity index is 721. The van der Waals surface area contributed by atoms with Crippen LogP contribution in [-0.4, -0.2) is 38.2 Å². The van der Waals surface area contributed by atoms with Gasteiger partial charge in [-0.1, -0.05) is 0 Å². The third kappa shape index (κ3) is 3.11. The molecule has 1 N–H and O–H groups in total. The van der Waals surface area contributed by atoms with E-state index in [1.54, 1.807) is 16.8 Å². The summed E-state index contributed by atoms with van der Waals surface area (Å²) in [6, 6.07) is 6.14. The van der Waals surface area contributed by atoms with E-state index >= 15 is 0 Å². The first-order chi connectivity index (χ1) is 11.1. The summed E-state index contributed by atoms with van der Waals surface area (Å²) in [6.07, 6.45) is 6.75. The Balaban J connectivity index is 1.85. The minimum atomic E-state index is -0.991. The number of benzene rings is 1. The largest absolute Gasteiger partial charge is 0.478 e. The highest BCUT2D eigenvalue weighted by Crippen LogP contribution is 2.31. The van der Waals surface area contributed by atoms with Crippen molar-refractivity contribution in [3.8, 4) is 0 Å². The number of carboxylic acid groups (broad SMARTS) is 1. The summed E-state index contributed by atoms with van der Waals surface area (Å²) >= 11 is 0. The fraction of sp³-hybridized carbons (Fsp3) is 0.353. The van der Waals surface area contributed by atoms with Gasteiger partial charge < -0.3 is 10.0 Å². The van der Waals surface area contributed by atoms with Gasteiger partial charge in [0.1, 0.15) is 0 Å². The second-order valence-electron chi connectivity index (χ2n) is 5.84. The third-order valence-electron chi connectivity index (χ3n) is 4.25. The molecule has 0 aliphatic carbocycles. The lowest BCUT2D eigenvalue weighted by Crippen LogP contribution is -2.38. The molecule has 1 aromatic heterocycles. The molecule has 23 heavy (non-hydrogen) atoms. The van der Waals surface area contributed by atoms with E-state index < -0.39 is 5.97 Å². The molecule has 1 saturated heterocycles. The highest BCUT2D eigenvalue weighted by atomic mass is 16.4. The molecule has 1 aliphatic rings. The summed E-state index contributed by atoms with van der Waals surface area (Å²) < 4.78 is 1.74. The van der Waals surface area contributed by atoms with E-state index in [0.29, 0.717) is 12.1 Å². The molecule has 1 aliphatic heterocycles. The van der Waals surface area contributed by atoms with Crippen molar-refractivity contribution in [3.05, 3.63) is 53.3 Å². The maximum absolute atomic E-state index is 12.8. The zero-order chi connectivity index (χ0) is 16.4. The van der Waals surface area contributed by atoms with Crippen LogP contribution >= 0.6 is 0 Å². The summed E-state index contributed by atoms with van der Waals surface area (Å²) in [5.41, 5.74) is 1.75. The molecule has 1 unspecified atom stereocenters. The van der Waals surface area contributed by atoms with Crippen LogP contribution in [0.2, 0.25) is 0 Å². The van der Waals surface area contributed by atoms with Crippen LogP contribution in [0.5, 0.6) is 0 Å². The number of rotatable bonds is 3. The highest BCUT2D eigenvalue weighted by Gasteiger charge is 2.29. The number of nitrogens with zero attached hydrogens (tertiary/aromatic N) is 3. The van der Waals surface area contributed by atoms with Gasteiger partial charge in [0.15, 0.2) is 0 Å². The number of carbonyl (C=O) groups is 2. The maximum atomic E-state index is 12.8. The van der Waals surface area contributed by atoms with Gasteiger partial charge in [0.2, 0.25) is 0 Å². The van der Waals surface area contributed by atoms with Crippen molar-refractivity contribution in [1.82, 2.24) is 14.7 Å². The van der Waals surface area contributed by atoms with Gasteiger partial charge in [-0.05, 0) is 43.5 Å². The van der Waals surface area contributed by atoms with E-state index in [9.17, 15) is 9.59 Å². The molecule has 0 bridgehead atoms. The van der Waals surface area contributed by atoms with E-state index in [1.807, 2.05) is 24.3 Å². The minimum Gasteiger partial charge on any atom is -0.478 e. The second kappa shape index (κ2) is 6.24. The maximum Gasteiger partial charge on any atom is 0.335 e. The quantitative estimate of drug-likeness (QED) is 0.944. The van der Waals surface area contributed by atoms with Crippen molar-refractivity contribution >= 4 is 11.9 Å². The number of amides is 1. The van der Waals surface area contributed by atoms with Crippen LogP contribution < -0.4 is 0 Å². The Morgan fingerprint density at radius 1 is 1.17 bits per heavy atom. The van der Waals surface area contributed by atoms with Crippen LogP contribution in [0.3, 0.4) is 0 Å². The smallest absolute Gasteiger partial charge is 0.335 e. The fourth-order valence-corrected chi connectivity index (χ4v) is 3.05. The van der Waals surface area contributed by atoms with E-state index in [1.165, 1.54) is 12.1 Å². The molecule has 120 valence electrons. The Morgan fingerprint density at radius 3 is 2.48 bits per heavy atom. The lowest BCUT2D eigenvalue weighted by Gasteiger charge is -2.35. The fourth-order valence-electron chi connectivity index (χ4n) is 3.05. The van der Waals surface area contributed by atoms with Crippen molar-refractivity contribution in [2.24, 2.45) is 7.05 Å². The monoisotopic (exact) mass is 313 g/mol. The predicted octanol–water partition coefficient (Wildman–Crippen LogP) is 2.49. The van der Waals surface area contributed by atoms with E-state index in [2.05, 4.69) is 5.10 Å². The number of aromatic carboxylic acids is 1. The van der Waals surface area contributed by atoms with Gasteiger partial charge in [0.25, 0.3) is 5.91 Å². The van der Waals surface area contributed by atoms with E-state index in [0.717, 1.165) is 24.8 Å². The molecule has 1 amide bonds. The number of hydrogen-bond donors (Lipinski definition) is 1. The number of aryl methyl sites for hydroxylation is 1. The zero-order valence-corrected chi connectivity index (χ0v) is 13.0. The second-order valence-corrected chi connectivity index (χ2v) is 5.84. The molecule has 2 heterocycles. The summed E-state index contributed by atoms with van der Waals surface area (Å²) in [4.78, 5) is 25.6. The van der Waals surface area contributed by atoms with Crippen molar-refractivity contribution < 1.29 is 14.7 Å². The first-order valence-corrected chi connectivity index (χ1v) is 7.69. The predicted molar refractivity (Wildman–Crippen MR) is 84.2 cm³/mol. The van der Waals surface area contributed by atoms with Crippen molar-refractivity contribution in [1.29, 1.82) is 0 Å². The Morgan fingerprint density at radius 2 is 1.87 bits per heavy atom. The summed E-state index contributed by atoms with van der Waals surface area (Å²) in [5.74, 6) is -1.05. The minimum absolute atomic E-state index is 0.0316. The van der Waals surface area contributed by atoms with Crippen LogP contribution in [0.4, 0.5) is 0 Å². The van der Waals surface area contributed by atoms with Crippen LogP contribution in [0.25, 0.3) is 0 Å². The first kappa shape index (κ1) is 15.3. The van der Waals surface area contributed by atoms with E-state index in [4.69, 9.17) is 5.11 Å². The topological polar surface area (TPSA) is 75.4 Å². The van der Waals surface area contributed by atoms with Crippen molar-refractivity contribution in [2.75, 3.05) is 6.54 Å². The van der Waals surface area contributed by atoms with Gasteiger partial charge in [-0.3, -0.25) is 9.48 Å². The molecule has 0 saturated carbocycles. The molecular formula is C17H19N3O3. The number of likely N-dealkylation sites (tertiary alicyclic amines) is 1. The summed E-state index contributed by atoms with van der Waals surface area (Å²) in [6.45, 7) is 0.707. The Kier molecular flexibility index (Phi) is 4.14. The average molecular weight is 313 g/mol. The zero-order valence-electron chi connectivity index (χ0n) is 13.0. The molecule has 1 atom stereocenters. The number of piperidine rings is 1. The molecule has 1 aromatic carbocycles.